The van der Waals surface area contributed by atoms with Crippen molar-refractivity contribution in [2.24, 2.45) is 0 Å². The van der Waals surface area contributed by atoms with Crippen LogP contribution in [0.1, 0.15) is 47.6 Å². The fourth-order valence-corrected chi connectivity index (χ4v) is 4.40. The topological polar surface area (TPSA) is 146 Å². The van der Waals surface area contributed by atoms with Gasteiger partial charge >= 0.3 is 5.97 Å². The molecule has 11 heteroatoms. The van der Waals surface area contributed by atoms with Gasteiger partial charge in [-0.1, -0.05) is 0 Å². The van der Waals surface area contributed by atoms with Crippen molar-refractivity contribution in [3.63, 3.8) is 0 Å². The number of amides is 1. The summed E-state index contributed by atoms with van der Waals surface area (Å²) in [5.41, 5.74) is 0.748. The average Bonchev–Trinajstić information content (AvgIpc) is 3.29. The van der Waals surface area contributed by atoms with Crippen LogP contribution in [0, 0.1) is 11.3 Å². The van der Waals surface area contributed by atoms with Crippen LogP contribution in [0.2, 0.25) is 0 Å². The largest absolute Gasteiger partial charge is 0.506 e. The predicted octanol–water partition coefficient (Wildman–Crippen LogP) is 2.27. The summed E-state index contributed by atoms with van der Waals surface area (Å²) >= 11 is 1.39. The second-order valence-electron chi connectivity index (χ2n) is 8.51. The van der Waals surface area contributed by atoms with E-state index in [1.54, 1.807) is 32.5 Å². The third-order valence-electron chi connectivity index (χ3n) is 5.04. The first-order valence-corrected chi connectivity index (χ1v) is 11.0. The van der Waals surface area contributed by atoms with E-state index >= 15 is 0 Å². The summed E-state index contributed by atoms with van der Waals surface area (Å²) in [5, 5.41) is 26.2. The third-order valence-corrected chi connectivity index (χ3v) is 5.93. The molecule has 10 nitrogen and oxygen atoms in total. The summed E-state index contributed by atoms with van der Waals surface area (Å²) in [6.07, 6.45) is 1.67. The fourth-order valence-electron chi connectivity index (χ4n) is 3.73. The number of nitrogens with one attached hydrogen (secondary N) is 2. The number of hydrogen-bond acceptors (Lipinski definition) is 9. The molecule has 1 unspecified atom stereocenters. The minimum Gasteiger partial charge on any atom is -0.506 e. The number of rotatable bonds is 4. The number of thiazole rings is 1. The summed E-state index contributed by atoms with van der Waals surface area (Å²) in [5.74, 6) is -2.09. The first-order valence-electron chi connectivity index (χ1n) is 10.1. The van der Waals surface area contributed by atoms with Crippen LogP contribution in [0.15, 0.2) is 28.6 Å². The van der Waals surface area contributed by atoms with E-state index in [0.29, 0.717) is 16.8 Å². The molecule has 1 aliphatic rings. The van der Waals surface area contributed by atoms with Gasteiger partial charge in [0, 0.05) is 16.5 Å². The third kappa shape index (κ3) is 4.12. The van der Waals surface area contributed by atoms with Crippen LogP contribution in [-0.2, 0) is 16.1 Å². The van der Waals surface area contributed by atoms with Gasteiger partial charge in [0.15, 0.2) is 0 Å². The van der Waals surface area contributed by atoms with Crippen molar-refractivity contribution >= 4 is 39.8 Å². The zero-order chi connectivity index (χ0) is 23.9. The maximum atomic E-state index is 13.4. The lowest BCUT2D eigenvalue weighted by atomic mass is 10.0. The molecule has 0 spiro atoms. The second kappa shape index (κ2) is 8.22. The molecule has 1 atom stereocenters. The summed E-state index contributed by atoms with van der Waals surface area (Å²) in [6, 6.07) is 4.73. The summed E-state index contributed by atoms with van der Waals surface area (Å²) < 4.78 is 6.53. The van der Waals surface area contributed by atoms with E-state index in [2.05, 4.69) is 21.7 Å². The van der Waals surface area contributed by atoms with Gasteiger partial charge in [-0.25, -0.2) is 0 Å². The van der Waals surface area contributed by atoms with Crippen molar-refractivity contribution in [1.29, 1.82) is 5.26 Å². The van der Waals surface area contributed by atoms with Crippen LogP contribution in [0.4, 0.5) is 5.69 Å². The Morgan fingerprint density at radius 3 is 2.82 bits per heavy atom. The van der Waals surface area contributed by atoms with Gasteiger partial charge in [-0.15, -0.1) is 11.3 Å². The number of carbonyl (C=O) groups is 2. The van der Waals surface area contributed by atoms with Crippen molar-refractivity contribution in [1.82, 2.24) is 14.9 Å². The molecule has 1 amide bonds. The Hall–Kier alpha value is -3.91. The lowest BCUT2D eigenvalue weighted by Gasteiger charge is -2.29. The predicted molar refractivity (Wildman–Crippen MR) is 121 cm³/mol. The highest BCUT2D eigenvalue weighted by Crippen LogP contribution is 2.39. The SMILES string of the molecule is CC(C)(C)OC(=O)CNC(=O)c1c(O)c2ccc(C#N)c3c2n(c1=O)CC(c1cncs1)N3. The lowest BCUT2D eigenvalue weighted by Crippen LogP contribution is -2.39. The summed E-state index contributed by atoms with van der Waals surface area (Å²) in [7, 11) is 0. The molecule has 0 saturated heterocycles. The summed E-state index contributed by atoms with van der Waals surface area (Å²) in [6.45, 7) is 4.78. The minimum atomic E-state index is -0.896. The first kappa shape index (κ1) is 22.3. The molecular weight excluding hydrogens is 446 g/mol. The van der Waals surface area contributed by atoms with Gasteiger partial charge in [-0.2, -0.15) is 5.26 Å². The average molecular weight is 468 g/mol. The number of esters is 1. The molecule has 2 aromatic heterocycles. The van der Waals surface area contributed by atoms with E-state index in [9.17, 15) is 24.8 Å². The van der Waals surface area contributed by atoms with Crippen molar-refractivity contribution in [2.75, 3.05) is 11.9 Å². The number of ether oxygens (including phenoxy) is 1. The molecule has 1 aliphatic heterocycles. The number of aromatic nitrogens is 2. The van der Waals surface area contributed by atoms with Crippen LogP contribution in [-0.4, -0.2) is 38.7 Å². The lowest BCUT2D eigenvalue weighted by molar-refractivity contribution is -0.153. The maximum Gasteiger partial charge on any atom is 0.325 e. The van der Waals surface area contributed by atoms with E-state index < -0.39 is 40.9 Å². The molecule has 0 aliphatic carbocycles. The molecule has 0 fully saturated rings. The van der Waals surface area contributed by atoms with Crippen LogP contribution in [0.5, 0.6) is 5.75 Å². The Balaban J connectivity index is 1.78. The van der Waals surface area contributed by atoms with Gasteiger partial charge < -0.3 is 25.0 Å². The molecule has 3 N–H and O–H groups in total. The minimum absolute atomic E-state index is 0.159. The Bertz CT molecular complexity index is 1370. The summed E-state index contributed by atoms with van der Waals surface area (Å²) in [4.78, 5) is 43.1. The molecule has 0 radical (unpaired) electrons. The Labute approximate surface area is 192 Å². The Kier molecular flexibility index (Phi) is 5.55. The van der Waals surface area contributed by atoms with Gasteiger partial charge in [0.05, 0.1) is 34.9 Å². The second-order valence-corrected chi connectivity index (χ2v) is 9.42. The van der Waals surface area contributed by atoms with Crippen LogP contribution in [0.3, 0.4) is 0 Å². The first-order chi connectivity index (χ1) is 15.6. The van der Waals surface area contributed by atoms with Crippen LogP contribution >= 0.6 is 11.3 Å². The van der Waals surface area contributed by atoms with Crippen LogP contribution < -0.4 is 16.2 Å². The van der Waals surface area contributed by atoms with Gasteiger partial charge in [0.25, 0.3) is 11.5 Å². The Morgan fingerprint density at radius 1 is 1.42 bits per heavy atom. The fraction of sp³-hybridized carbons (Fsp3) is 0.318. The number of carbonyl (C=O) groups excluding carboxylic acids is 2. The molecule has 0 saturated carbocycles. The van der Waals surface area contributed by atoms with Gasteiger partial charge in [-0.05, 0) is 32.9 Å². The quantitative estimate of drug-likeness (QED) is 0.495. The molecule has 1 aromatic carbocycles. The van der Waals surface area contributed by atoms with E-state index in [1.165, 1.54) is 28.0 Å². The van der Waals surface area contributed by atoms with E-state index in [4.69, 9.17) is 4.74 Å². The van der Waals surface area contributed by atoms with Crippen LogP contribution in [0.25, 0.3) is 10.9 Å². The highest BCUT2D eigenvalue weighted by atomic mass is 32.1. The van der Waals surface area contributed by atoms with Gasteiger partial charge in [0.2, 0.25) is 0 Å². The molecular formula is C22H21N5O5S. The standard InChI is InChI=1S/C22H21N5O5S/c1-22(2,3)32-15(28)8-25-20(30)16-19(29)12-5-4-11(6-23)17-18(12)27(21(16)31)9-13(26-17)14-7-24-10-33-14/h4-5,7,10,13,26,29H,8-9H2,1-3H3,(H,25,30). The molecule has 170 valence electrons. The highest BCUT2D eigenvalue weighted by Gasteiger charge is 2.31. The van der Waals surface area contributed by atoms with E-state index in [-0.39, 0.29) is 18.0 Å². The molecule has 33 heavy (non-hydrogen) atoms. The van der Waals surface area contributed by atoms with Crippen molar-refractivity contribution in [3.8, 4) is 11.8 Å². The number of benzene rings is 1. The number of aromatic hydroxyl groups is 1. The Morgan fingerprint density at radius 2 is 2.18 bits per heavy atom. The molecule has 3 aromatic rings. The van der Waals surface area contributed by atoms with E-state index in [0.717, 1.165) is 4.88 Å². The number of nitriles is 1. The monoisotopic (exact) mass is 467 g/mol. The normalized spacial score (nSPS) is 14.9. The van der Waals surface area contributed by atoms with Gasteiger partial charge in [0.1, 0.15) is 29.5 Å². The molecule has 3 heterocycles. The smallest absolute Gasteiger partial charge is 0.325 e. The van der Waals surface area contributed by atoms with E-state index in [1.807, 2.05) is 0 Å². The zero-order valence-corrected chi connectivity index (χ0v) is 18.9. The zero-order valence-electron chi connectivity index (χ0n) is 18.1. The number of nitrogens with zero attached hydrogens (tertiary/aromatic N) is 3. The maximum absolute atomic E-state index is 13.4. The van der Waals surface area contributed by atoms with Crippen molar-refractivity contribution < 1.29 is 19.4 Å². The van der Waals surface area contributed by atoms with Crippen molar-refractivity contribution in [3.05, 3.63) is 50.2 Å². The molecule has 0 bridgehead atoms. The number of anilines is 1. The highest BCUT2D eigenvalue weighted by molar-refractivity contribution is 7.09. The van der Waals surface area contributed by atoms with Gasteiger partial charge in [-0.3, -0.25) is 19.4 Å². The molecule has 4 rings (SSSR count). The number of pyridine rings is 1. The number of hydrogen-bond donors (Lipinski definition) is 3. The van der Waals surface area contributed by atoms with Crippen molar-refractivity contribution in [2.45, 2.75) is 39.0 Å².